The highest BCUT2D eigenvalue weighted by Crippen LogP contribution is 2.30. The van der Waals surface area contributed by atoms with E-state index in [0.717, 1.165) is 16.9 Å². The number of ether oxygens (including phenoxy) is 1. The third-order valence-electron chi connectivity index (χ3n) is 3.49. The van der Waals surface area contributed by atoms with Gasteiger partial charge in [-0.3, -0.25) is 0 Å². The van der Waals surface area contributed by atoms with Gasteiger partial charge in [0.2, 0.25) is 5.28 Å². The van der Waals surface area contributed by atoms with Crippen molar-refractivity contribution in [1.82, 2.24) is 15.2 Å². The van der Waals surface area contributed by atoms with Crippen molar-refractivity contribution in [3.05, 3.63) is 59.4 Å². The summed E-state index contributed by atoms with van der Waals surface area (Å²) in [7, 11) is 0. The van der Waals surface area contributed by atoms with Crippen molar-refractivity contribution in [2.75, 3.05) is 0 Å². The summed E-state index contributed by atoms with van der Waals surface area (Å²) >= 11 is 5.97. The Labute approximate surface area is 146 Å². The van der Waals surface area contributed by atoms with Crippen LogP contribution in [-0.2, 0) is 0 Å². The molecule has 0 aliphatic heterocycles. The maximum Gasteiger partial charge on any atom is 0.243 e. The van der Waals surface area contributed by atoms with E-state index in [4.69, 9.17) is 16.3 Å². The molecule has 0 aliphatic carbocycles. The van der Waals surface area contributed by atoms with Crippen LogP contribution in [0.2, 0.25) is 5.28 Å². The number of halogens is 1. The monoisotopic (exact) mass is 339 g/mol. The highest BCUT2D eigenvalue weighted by molar-refractivity contribution is 6.28. The number of benzene rings is 2. The lowest BCUT2D eigenvalue weighted by Crippen LogP contribution is -2.05. The molecule has 0 amide bonds. The number of hydrogen-bond donors (Lipinski definition) is 0. The summed E-state index contributed by atoms with van der Waals surface area (Å²) in [4.78, 5) is 4.38. The van der Waals surface area contributed by atoms with E-state index >= 15 is 0 Å². The van der Waals surface area contributed by atoms with Gasteiger partial charge in [0, 0.05) is 11.1 Å². The third-order valence-corrected chi connectivity index (χ3v) is 3.65. The lowest BCUT2D eigenvalue weighted by molar-refractivity contribution is 0.242. The van der Waals surface area contributed by atoms with Crippen molar-refractivity contribution in [3.63, 3.8) is 0 Å². The number of aryl methyl sites for hydroxylation is 1. The summed E-state index contributed by atoms with van der Waals surface area (Å²) in [5.74, 6) is 0.818. The Hall–Kier alpha value is -2.46. The molecule has 0 saturated carbocycles. The molecule has 0 radical (unpaired) electrons. The second-order valence-electron chi connectivity index (χ2n) is 5.84. The molecule has 0 spiro atoms. The van der Waals surface area contributed by atoms with Gasteiger partial charge in [0.1, 0.15) is 17.1 Å². The van der Waals surface area contributed by atoms with E-state index in [1.165, 1.54) is 5.56 Å². The Morgan fingerprint density at radius 3 is 2.04 bits per heavy atom. The Morgan fingerprint density at radius 1 is 0.833 bits per heavy atom. The van der Waals surface area contributed by atoms with E-state index in [-0.39, 0.29) is 11.4 Å². The van der Waals surface area contributed by atoms with E-state index in [2.05, 4.69) is 15.2 Å². The molecule has 1 aromatic heterocycles. The molecular formula is C19H18ClN3O. The van der Waals surface area contributed by atoms with Gasteiger partial charge in [0.25, 0.3) is 0 Å². The number of nitrogens with zero attached hydrogens (tertiary/aromatic N) is 3. The average molecular weight is 340 g/mol. The minimum Gasteiger partial charge on any atom is -0.491 e. The van der Waals surface area contributed by atoms with Gasteiger partial charge in [-0.2, -0.15) is 0 Å². The number of rotatable bonds is 4. The molecule has 0 atom stereocenters. The molecule has 3 aromatic rings. The van der Waals surface area contributed by atoms with Crippen molar-refractivity contribution in [2.24, 2.45) is 0 Å². The molecule has 0 N–H and O–H groups in total. The number of aromatic nitrogens is 3. The summed E-state index contributed by atoms with van der Waals surface area (Å²) in [6.07, 6.45) is 0.133. The van der Waals surface area contributed by atoms with E-state index in [0.29, 0.717) is 11.4 Å². The van der Waals surface area contributed by atoms with E-state index in [1.807, 2.05) is 69.3 Å². The summed E-state index contributed by atoms with van der Waals surface area (Å²) < 4.78 is 5.68. The van der Waals surface area contributed by atoms with Crippen LogP contribution in [0.3, 0.4) is 0 Å². The quantitative estimate of drug-likeness (QED) is 0.674. The summed E-state index contributed by atoms with van der Waals surface area (Å²) in [5, 5.41) is 8.28. The highest BCUT2D eigenvalue weighted by Gasteiger charge is 2.13. The fourth-order valence-electron chi connectivity index (χ4n) is 2.38. The average Bonchev–Trinajstić information content (AvgIpc) is 2.56. The molecule has 5 heteroatoms. The van der Waals surface area contributed by atoms with Crippen LogP contribution in [0, 0.1) is 6.92 Å². The van der Waals surface area contributed by atoms with E-state index in [9.17, 15) is 0 Å². The van der Waals surface area contributed by atoms with Crippen LogP contribution in [0.25, 0.3) is 22.5 Å². The Kier molecular flexibility index (Phi) is 4.76. The van der Waals surface area contributed by atoms with Crippen molar-refractivity contribution in [3.8, 4) is 28.3 Å². The fourth-order valence-corrected chi connectivity index (χ4v) is 2.50. The lowest BCUT2D eigenvalue weighted by Gasteiger charge is -2.11. The van der Waals surface area contributed by atoms with E-state index < -0.39 is 0 Å². The molecular weight excluding hydrogens is 322 g/mol. The Morgan fingerprint density at radius 2 is 1.42 bits per heavy atom. The maximum absolute atomic E-state index is 5.97. The van der Waals surface area contributed by atoms with Gasteiger partial charge < -0.3 is 4.74 Å². The molecule has 0 saturated heterocycles. The first kappa shape index (κ1) is 16.4. The molecule has 2 aromatic carbocycles. The van der Waals surface area contributed by atoms with Crippen molar-refractivity contribution >= 4 is 11.6 Å². The third kappa shape index (κ3) is 3.71. The second-order valence-corrected chi connectivity index (χ2v) is 6.17. The largest absolute Gasteiger partial charge is 0.491 e. The molecule has 3 rings (SSSR count). The zero-order valence-corrected chi connectivity index (χ0v) is 14.6. The van der Waals surface area contributed by atoms with Crippen LogP contribution in [0.1, 0.15) is 19.4 Å². The van der Waals surface area contributed by atoms with Gasteiger partial charge in [-0.1, -0.05) is 29.8 Å². The standard InChI is InChI=1S/C19H18ClN3O/c1-12(2)24-16-10-8-14(9-11-16)17-18(22-23-19(20)21-17)15-6-4-13(3)5-7-15/h4-12H,1-3H3. The Bertz CT molecular complexity index is 830. The summed E-state index contributed by atoms with van der Waals surface area (Å²) in [6.45, 7) is 6.04. The molecule has 24 heavy (non-hydrogen) atoms. The van der Waals surface area contributed by atoms with Gasteiger partial charge >= 0.3 is 0 Å². The highest BCUT2D eigenvalue weighted by atomic mass is 35.5. The lowest BCUT2D eigenvalue weighted by atomic mass is 10.0. The zero-order valence-electron chi connectivity index (χ0n) is 13.8. The topological polar surface area (TPSA) is 47.9 Å². The second kappa shape index (κ2) is 6.97. The first-order valence-electron chi connectivity index (χ1n) is 7.77. The normalized spacial score (nSPS) is 10.9. The summed E-state index contributed by atoms with van der Waals surface area (Å²) in [5.41, 5.74) is 4.46. The zero-order chi connectivity index (χ0) is 17.1. The Balaban J connectivity index is 2.03. The molecule has 0 unspecified atom stereocenters. The molecule has 0 fully saturated rings. The first-order chi connectivity index (χ1) is 11.5. The fraction of sp³-hybridized carbons (Fsp3) is 0.211. The van der Waals surface area contributed by atoms with Gasteiger partial charge in [-0.25, -0.2) is 4.98 Å². The van der Waals surface area contributed by atoms with Gasteiger partial charge in [0.05, 0.1) is 6.10 Å². The van der Waals surface area contributed by atoms with Crippen LogP contribution < -0.4 is 4.74 Å². The van der Waals surface area contributed by atoms with Crippen molar-refractivity contribution in [2.45, 2.75) is 26.9 Å². The minimum absolute atomic E-state index is 0.128. The molecule has 0 aliphatic rings. The van der Waals surface area contributed by atoms with Crippen LogP contribution in [0.15, 0.2) is 48.5 Å². The maximum atomic E-state index is 5.97. The summed E-state index contributed by atoms with van der Waals surface area (Å²) in [6, 6.07) is 15.8. The van der Waals surface area contributed by atoms with Crippen LogP contribution >= 0.6 is 11.6 Å². The van der Waals surface area contributed by atoms with E-state index in [1.54, 1.807) is 0 Å². The van der Waals surface area contributed by atoms with Crippen LogP contribution in [0.5, 0.6) is 5.75 Å². The van der Waals surface area contributed by atoms with Crippen LogP contribution in [-0.4, -0.2) is 21.3 Å². The van der Waals surface area contributed by atoms with Gasteiger partial charge in [-0.15, -0.1) is 10.2 Å². The molecule has 4 nitrogen and oxygen atoms in total. The predicted molar refractivity (Wildman–Crippen MR) is 96.2 cm³/mol. The molecule has 0 bridgehead atoms. The first-order valence-corrected chi connectivity index (χ1v) is 8.15. The van der Waals surface area contributed by atoms with Gasteiger partial charge in [-0.05, 0) is 56.6 Å². The SMILES string of the molecule is Cc1ccc(-c2nnc(Cl)nc2-c2ccc(OC(C)C)cc2)cc1. The smallest absolute Gasteiger partial charge is 0.243 e. The molecule has 122 valence electrons. The van der Waals surface area contributed by atoms with Crippen molar-refractivity contribution in [1.29, 1.82) is 0 Å². The molecule has 1 heterocycles. The van der Waals surface area contributed by atoms with Gasteiger partial charge in [0.15, 0.2) is 0 Å². The minimum atomic E-state index is 0.128. The number of hydrogen-bond acceptors (Lipinski definition) is 4. The van der Waals surface area contributed by atoms with Crippen molar-refractivity contribution < 1.29 is 4.74 Å². The predicted octanol–water partition coefficient (Wildman–Crippen LogP) is 4.95. The van der Waals surface area contributed by atoms with Crippen LogP contribution in [0.4, 0.5) is 0 Å².